The molecular weight excluding hydrogens is 368 g/mol. The molecule has 1 atom stereocenters. The van der Waals surface area contributed by atoms with Crippen LogP contribution in [0.5, 0.6) is 5.75 Å². The molecule has 1 aromatic rings. The second-order valence-electron chi connectivity index (χ2n) is 7.26. The predicted molar refractivity (Wildman–Crippen MR) is 101 cm³/mol. The lowest BCUT2D eigenvalue weighted by molar-refractivity contribution is -0.145. The molecule has 2 fully saturated rings. The van der Waals surface area contributed by atoms with E-state index in [1.807, 2.05) is 31.2 Å². The summed E-state index contributed by atoms with van der Waals surface area (Å²) in [6, 6.07) is 7.04. The van der Waals surface area contributed by atoms with Crippen LogP contribution in [0.2, 0.25) is 0 Å². The molecule has 0 bridgehead atoms. The molecular formula is C19H26N2O5S. The molecule has 0 radical (unpaired) electrons. The zero-order valence-corrected chi connectivity index (χ0v) is 16.5. The maximum absolute atomic E-state index is 13.0. The number of benzene rings is 1. The maximum Gasteiger partial charge on any atom is 0.238 e. The van der Waals surface area contributed by atoms with Gasteiger partial charge in [-0.2, -0.15) is 0 Å². The van der Waals surface area contributed by atoms with Crippen molar-refractivity contribution in [3.05, 3.63) is 29.8 Å². The van der Waals surface area contributed by atoms with Gasteiger partial charge in [0.2, 0.25) is 11.8 Å². The van der Waals surface area contributed by atoms with Gasteiger partial charge in [-0.25, -0.2) is 8.42 Å². The minimum Gasteiger partial charge on any atom is -0.497 e. The molecule has 1 saturated heterocycles. The van der Waals surface area contributed by atoms with Gasteiger partial charge in [-0.05, 0) is 43.9 Å². The van der Waals surface area contributed by atoms with Crippen molar-refractivity contribution in [1.29, 1.82) is 0 Å². The van der Waals surface area contributed by atoms with E-state index < -0.39 is 15.3 Å². The lowest BCUT2D eigenvalue weighted by Crippen LogP contribution is -2.49. The summed E-state index contributed by atoms with van der Waals surface area (Å²) in [6.07, 6.45) is 1.47. The Morgan fingerprint density at radius 2 is 1.93 bits per heavy atom. The van der Waals surface area contributed by atoms with E-state index in [9.17, 15) is 18.0 Å². The number of hydrogen-bond donors (Lipinski definition) is 1. The molecule has 3 rings (SSSR count). The first-order valence-corrected chi connectivity index (χ1v) is 11.1. The third kappa shape index (κ3) is 4.10. The van der Waals surface area contributed by atoms with Crippen LogP contribution >= 0.6 is 0 Å². The molecule has 8 heteroatoms. The number of ether oxygens (including phenoxy) is 1. The van der Waals surface area contributed by atoms with Crippen LogP contribution in [0.3, 0.4) is 0 Å². The molecule has 0 spiro atoms. The number of amides is 2. The standard InChI is InChI=1S/C19H26N2O5S/c1-3-21(15-8-11-27(24,25)13-15)18(23)19(9-10-19)17(22)20-12-14-4-6-16(26-2)7-5-14/h4-7,15H,3,8-13H2,1-2H3,(H,20,22). The lowest BCUT2D eigenvalue weighted by Gasteiger charge is -2.30. The Labute approximate surface area is 160 Å². The Balaban J connectivity index is 1.63. The van der Waals surface area contributed by atoms with Crippen molar-refractivity contribution in [2.24, 2.45) is 5.41 Å². The Kier molecular flexibility index (Phi) is 5.46. The zero-order valence-electron chi connectivity index (χ0n) is 15.7. The lowest BCUT2D eigenvalue weighted by atomic mass is 10.0. The molecule has 0 aromatic heterocycles. The highest BCUT2D eigenvalue weighted by atomic mass is 32.2. The van der Waals surface area contributed by atoms with Gasteiger partial charge in [-0.1, -0.05) is 12.1 Å². The van der Waals surface area contributed by atoms with Crippen molar-refractivity contribution < 1.29 is 22.7 Å². The summed E-state index contributed by atoms with van der Waals surface area (Å²) in [6.45, 7) is 2.57. The number of nitrogens with one attached hydrogen (secondary N) is 1. The highest BCUT2D eigenvalue weighted by Crippen LogP contribution is 2.48. The molecule has 1 N–H and O–H groups in total. The van der Waals surface area contributed by atoms with Gasteiger partial charge in [0, 0.05) is 19.1 Å². The average Bonchev–Trinajstić information content (AvgIpc) is 3.40. The first-order chi connectivity index (χ1) is 12.8. The normalized spacial score (nSPS) is 22.1. The molecule has 27 heavy (non-hydrogen) atoms. The molecule has 7 nitrogen and oxygen atoms in total. The van der Waals surface area contributed by atoms with E-state index in [2.05, 4.69) is 5.32 Å². The van der Waals surface area contributed by atoms with Crippen molar-refractivity contribution in [3.8, 4) is 5.75 Å². The Hall–Kier alpha value is -2.09. The van der Waals surface area contributed by atoms with Crippen LogP contribution in [0.4, 0.5) is 0 Å². The Morgan fingerprint density at radius 1 is 1.26 bits per heavy atom. The number of sulfone groups is 1. The molecule has 1 aliphatic heterocycles. The third-order valence-corrected chi connectivity index (χ3v) is 7.21. The Morgan fingerprint density at radius 3 is 2.41 bits per heavy atom. The van der Waals surface area contributed by atoms with Crippen LogP contribution in [-0.4, -0.2) is 56.3 Å². The van der Waals surface area contributed by atoms with Gasteiger partial charge in [-0.15, -0.1) is 0 Å². The van der Waals surface area contributed by atoms with Gasteiger partial charge in [0.15, 0.2) is 9.84 Å². The van der Waals surface area contributed by atoms with Crippen LogP contribution < -0.4 is 10.1 Å². The molecule has 1 unspecified atom stereocenters. The quantitative estimate of drug-likeness (QED) is 0.700. The second kappa shape index (κ2) is 7.50. The third-order valence-electron chi connectivity index (χ3n) is 5.46. The summed E-state index contributed by atoms with van der Waals surface area (Å²) < 4.78 is 28.6. The first-order valence-electron chi connectivity index (χ1n) is 9.24. The SMILES string of the molecule is CCN(C(=O)C1(C(=O)NCc2ccc(OC)cc2)CC1)C1CCS(=O)(=O)C1. The van der Waals surface area contributed by atoms with Crippen molar-refractivity contribution in [2.45, 2.75) is 38.8 Å². The van der Waals surface area contributed by atoms with E-state index in [1.54, 1.807) is 12.0 Å². The number of carbonyl (C=O) groups excluding carboxylic acids is 2. The molecule has 148 valence electrons. The second-order valence-corrected chi connectivity index (χ2v) is 9.49. The zero-order chi connectivity index (χ0) is 19.7. The number of nitrogens with zero attached hydrogens (tertiary/aromatic N) is 1. The van der Waals surface area contributed by atoms with Gasteiger partial charge in [0.25, 0.3) is 0 Å². The van der Waals surface area contributed by atoms with Crippen molar-refractivity contribution >= 4 is 21.7 Å². The molecule has 1 saturated carbocycles. The average molecular weight is 394 g/mol. The summed E-state index contributed by atoms with van der Waals surface area (Å²) in [5.74, 6) is 0.333. The van der Waals surface area contributed by atoms with Gasteiger partial charge in [0.1, 0.15) is 11.2 Å². The molecule has 1 aliphatic carbocycles. The summed E-state index contributed by atoms with van der Waals surface area (Å²) in [7, 11) is -1.49. The topological polar surface area (TPSA) is 92.8 Å². The number of rotatable bonds is 7. The fourth-order valence-electron chi connectivity index (χ4n) is 3.62. The van der Waals surface area contributed by atoms with Crippen molar-refractivity contribution in [3.63, 3.8) is 0 Å². The summed E-state index contributed by atoms with van der Waals surface area (Å²) in [4.78, 5) is 27.4. The molecule has 2 aliphatic rings. The summed E-state index contributed by atoms with van der Waals surface area (Å²) >= 11 is 0. The predicted octanol–water partition coefficient (Wildman–Crippen LogP) is 1.13. The van der Waals surface area contributed by atoms with E-state index in [1.165, 1.54) is 0 Å². The van der Waals surface area contributed by atoms with Crippen molar-refractivity contribution in [2.75, 3.05) is 25.2 Å². The van der Waals surface area contributed by atoms with E-state index >= 15 is 0 Å². The number of hydrogen-bond acceptors (Lipinski definition) is 5. The fraction of sp³-hybridized carbons (Fsp3) is 0.579. The van der Waals surface area contributed by atoms with Crippen molar-refractivity contribution in [1.82, 2.24) is 10.2 Å². The Bertz CT molecular complexity index is 815. The van der Waals surface area contributed by atoms with Gasteiger partial charge in [0.05, 0.1) is 18.6 Å². The van der Waals surface area contributed by atoms with E-state index in [4.69, 9.17) is 4.74 Å². The summed E-state index contributed by atoms with van der Waals surface area (Å²) in [5.41, 5.74) is -0.115. The highest BCUT2D eigenvalue weighted by Gasteiger charge is 2.58. The highest BCUT2D eigenvalue weighted by molar-refractivity contribution is 7.91. The minimum absolute atomic E-state index is 0.00384. The fourth-order valence-corrected chi connectivity index (χ4v) is 5.35. The largest absolute Gasteiger partial charge is 0.497 e. The monoisotopic (exact) mass is 394 g/mol. The number of methoxy groups -OCH3 is 1. The van der Waals surface area contributed by atoms with E-state index in [0.29, 0.717) is 32.4 Å². The minimum atomic E-state index is -3.09. The molecule has 2 amide bonds. The molecule has 1 heterocycles. The van der Waals surface area contributed by atoms with Crippen LogP contribution in [-0.2, 0) is 26.0 Å². The van der Waals surface area contributed by atoms with E-state index in [0.717, 1.165) is 11.3 Å². The van der Waals surface area contributed by atoms with Gasteiger partial charge >= 0.3 is 0 Å². The van der Waals surface area contributed by atoms with E-state index in [-0.39, 0.29) is 29.4 Å². The van der Waals surface area contributed by atoms with Crippen LogP contribution in [0, 0.1) is 5.41 Å². The smallest absolute Gasteiger partial charge is 0.238 e. The van der Waals surface area contributed by atoms with Crippen LogP contribution in [0.25, 0.3) is 0 Å². The van der Waals surface area contributed by atoms with Crippen LogP contribution in [0.15, 0.2) is 24.3 Å². The molecule has 1 aromatic carbocycles. The van der Waals surface area contributed by atoms with Gasteiger partial charge in [-0.3, -0.25) is 9.59 Å². The van der Waals surface area contributed by atoms with Crippen LogP contribution in [0.1, 0.15) is 31.7 Å². The number of carbonyl (C=O) groups is 2. The summed E-state index contributed by atoms with van der Waals surface area (Å²) in [5, 5.41) is 2.86. The maximum atomic E-state index is 13.0. The van der Waals surface area contributed by atoms with Gasteiger partial charge < -0.3 is 15.0 Å². The first kappa shape index (κ1) is 19.7.